The highest BCUT2D eigenvalue weighted by Gasteiger charge is 2.24. The Hall–Kier alpha value is -2.68. The van der Waals surface area contributed by atoms with Crippen molar-refractivity contribution in [1.82, 2.24) is 16.0 Å². The Bertz CT molecular complexity index is 719. The van der Waals surface area contributed by atoms with E-state index < -0.39 is 35.7 Å². The topological polar surface area (TPSA) is 106 Å². The van der Waals surface area contributed by atoms with Crippen LogP contribution in [-0.2, 0) is 25.5 Å². The van der Waals surface area contributed by atoms with Gasteiger partial charge in [0.1, 0.15) is 17.7 Å². The van der Waals surface area contributed by atoms with E-state index >= 15 is 0 Å². The lowest BCUT2D eigenvalue weighted by atomic mass is 10.0. The molecule has 0 radical (unpaired) electrons. The number of rotatable bonds is 8. The molecule has 0 aromatic heterocycles. The normalized spacial score (nSPS) is 12.9. The maximum Gasteiger partial charge on any atom is 0.408 e. The van der Waals surface area contributed by atoms with Crippen molar-refractivity contribution in [3.63, 3.8) is 0 Å². The van der Waals surface area contributed by atoms with Crippen molar-refractivity contribution in [2.45, 2.75) is 51.8 Å². The van der Waals surface area contributed by atoms with E-state index in [1.165, 1.54) is 14.0 Å². The predicted octanol–water partition coefficient (Wildman–Crippen LogP) is 1.72. The van der Waals surface area contributed by atoms with E-state index in [0.29, 0.717) is 6.42 Å². The lowest BCUT2D eigenvalue weighted by Crippen LogP contribution is -2.53. The van der Waals surface area contributed by atoms with Gasteiger partial charge in [-0.25, -0.2) is 9.59 Å². The number of methoxy groups -OCH3 is 1. The zero-order valence-electron chi connectivity index (χ0n) is 17.4. The van der Waals surface area contributed by atoms with E-state index in [1.54, 1.807) is 20.8 Å². The second kappa shape index (κ2) is 11.4. The molecule has 0 saturated heterocycles. The third kappa shape index (κ3) is 9.89. The van der Waals surface area contributed by atoms with Crippen LogP contribution in [0.2, 0.25) is 0 Å². The van der Waals surface area contributed by atoms with Gasteiger partial charge in [0.05, 0.1) is 18.6 Å². The highest BCUT2D eigenvalue weighted by atomic mass is 32.1. The first kappa shape index (κ1) is 24.4. The lowest BCUT2D eigenvalue weighted by Gasteiger charge is -2.23. The number of carbonyl (C=O) groups is 3. The average Bonchev–Trinajstić information content (AvgIpc) is 2.64. The number of alkyl carbamates (subject to hydrolysis) is 1. The minimum absolute atomic E-state index is 0.00930. The monoisotopic (exact) mass is 423 g/mol. The van der Waals surface area contributed by atoms with E-state index in [9.17, 15) is 14.4 Å². The zero-order valence-corrected chi connectivity index (χ0v) is 18.2. The third-order valence-corrected chi connectivity index (χ3v) is 3.90. The van der Waals surface area contributed by atoms with Gasteiger partial charge in [-0.15, -0.1) is 0 Å². The Morgan fingerprint density at radius 1 is 1.10 bits per heavy atom. The fraction of sp³-hybridized carbons (Fsp3) is 0.500. The van der Waals surface area contributed by atoms with E-state index in [0.717, 1.165) is 5.56 Å². The van der Waals surface area contributed by atoms with Crippen LogP contribution >= 0.6 is 12.2 Å². The second-order valence-electron chi connectivity index (χ2n) is 7.42. The molecule has 0 aliphatic rings. The molecule has 0 aliphatic heterocycles. The molecule has 0 spiro atoms. The molecule has 2 atom stereocenters. The summed E-state index contributed by atoms with van der Waals surface area (Å²) in [7, 11) is 1.25. The van der Waals surface area contributed by atoms with Gasteiger partial charge in [0, 0.05) is 6.42 Å². The number of amides is 2. The van der Waals surface area contributed by atoms with Gasteiger partial charge < -0.3 is 25.4 Å². The molecule has 1 rings (SSSR count). The molecule has 0 fully saturated rings. The van der Waals surface area contributed by atoms with Crippen molar-refractivity contribution in [2.75, 3.05) is 13.7 Å². The van der Waals surface area contributed by atoms with Gasteiger partial charge in [-0.05, 0) is 33.3 Å². The Balaban J connectivity index is 2.75. The van der Waals surface area contributed by atoms with Crippen molar-refractivity contribution < 1.29 is 23.9 Å². The number of nitrogens with one attached hydrogen (secondary N) is 3. The van der Waals surface area contributed by atoms with Crippen LogP contribution in [0, 0.1) is 0 Å². The minimum atomic E-state index is -0.805. The van der Waals surface area contributed by atoms with Gasteiger partial charge >= 0.3 is 12.1 Å². The Kier molecular flexibility index (Phi) is 9.54. The van der Waals surface area contributed by atoms with E-state index in [1.807, 2.05) is 30.3 Å². The fourth-order valence-corrected chi connectivity index (χ4v) is 2.54. The second-order valence-corrected chi connectivity index (χ2v) is 7.91. The number of carbonyl (C=O) groups excluding carboxylic acids is 3. The molecule has 8 nitrogen and oxygen atoms in total. The molecule has 160 valence electrons. The summed E-state index contributed by atoms with van der Waals surface area (Å²) in [4.78, 5) is 36.3. The van der Waals surface area contributed by atoms with Gasteiger partial charge in [0.25, 0.3) is 0 Å². The SMILES string of the molecule is COC(=O)[C@H](C)NC(=O)[C@H](Cc1ccccc1)NC(=S)CNC(=O)OC(C)(C)C. The molecule has 29 heavy (non-hydrogen) atoms. The molecule has 3 N–H and O–H groups in total. The largest absolute Gasteiger partial charge is 0.467 e. The summed E-state index contributed by atoms with van der Waals surface area (Å²) in [6, 6.07) is 7.83. The van der Waals surface area contributed by atoms with Crippen LogP contribution in [0.1, 0.15) is 33.3 Å². The minimum Gasteiger partial charge on any atom is -0.467 e. The Labute approximate surface area is 176 Å². The predicted molar refractivity (Wildman–Crippen MR) is 114 cm³/mol. The molecule has 1 aromatic carbocycles. The first-order valence-corrected chi connectivity index (χ1v) is 9.61. The van der Waals surface area contributed by atoms with Crippen LogP contribution < -0.4 is 16.0 Å². The standard InChI is InChI=1S/C20H29N3O5S/c1-13(18(25)27-5)22-17(24)15(11-14-9-7-6-8-10-14)23-16(29)12-21-19(26)28-20(2,3)4/h6-10,13,15H,11-12H2,1-5H3,(H,21,26)(H,22,24)(H,23,29)/t13-,15-/m0/s1. The quantitative estimate of drug-likeness (QED) is 0.432. The van der Waals surface area contributed by atoms with Gasteiger partial charge in [0.15, 0.2) is 0 Å². The highest BCUT2D eigenvalue weighted by molar-refractivity contribution is 7.80. The van der Waals surface area contributed by atoms with Crippen LogP contribution in [-0.4, -0.2) is 54.3 Å². The number of ether oxygens (including phenoxy) is 2. The smallest absolute Gasteiger partial charge is 0.408 e. The summed E-state index contributed by atoms with van der Waals surface area (Å²) in [5.74, 6) is -0.961. The lowest BCUT2D eigenvalue weighted by molar-refractivity contribution is -0.144. The summed E-state index contributed by atoms with van der Waals surface area (Å²) < 4.78 is 9.79. The van der Waals surface area contributed by atoms with Crippen molar-refractivity contribution >= 4 is 35.2 Å². The van der Waals surface area contributed by atoms with Crippen molar-refractivity contribution in [2.24, 2.45) is 0 Å². The number of benzene rings is 1. The van der Waals surface area contributed by atoms with Gasteiger partial charge in [0.2, 0.25) is 5.91 Å². The fourth-order valence-electron chi connectivity index (χ4n) is 2.32. The number of hydrogen-bond acceptors (Lipinski definition) is 6. The molecular weight excluding hydrogens is 394 g/mol. The molecule has 1 aromatic rings. The van der Waals surface area contributed by atoms with E-state index in [4.69, 9.17) is 17.0 Å². The molecule has 0 saturated carbocycles. The van der Waals surface area contributed by atoms with Crippen LogP contribution in [0.25, 0.3) is 0 Å². The Morgan fingerprint density at radius 3 is 2.28 bits per heavy atom. The summed E-state index contributed by atoms with van der Waals surface area (Å²) in [6.45, 7) is 6.81. The van der Waals surface area contributed by atoms with E-state index in [2.05, 4.69) is 20.7 Å². The molecule has 0 bridgehead atoms. The van der Waals surface area contributed by atoms with Gasteiger partial charge in [-0.2, -0.15) is 0 Å². The summed E-state index contributed by atoms with van der Waals surface area (Å²) in [6.07, 6.45) is -0.266. The van der Waals surface area contributed by atoms with Crippen LogP contribution in [0.4, 0.5) is 4.79 Å². The van der Waals surface area contributed by atoms with Crippen molar-refractivity contribution in [3.8, 4) is 0 Å². The number of thiocarbonyl (C=S) groups is 1. The average molecular weight is 424 g/mol. The first-order chi connectivity index (χ1) is 13.5. The third-order valence-electron chi connectivity index (χ3n) is 3.64. The maximum absolute atomic E-state index is 12.7. The Morgan fingerprint density at radius 2 is 1.72 bits per heavy atom. The summed E-state index contributed by atoms with van der Waals surface area (Å²) >= 11 is 5.26. The summed E-state index contributed by atoms with van der Waals surface area (Å²) in [5.41, 5.74) is 0.285. The van der Waals surface area contributed by atoms with Crippen molar-refractivity contribution in [1.29, 1.82) is 0 Å². The highest BCUT2D eigenvalue weighted by Crippen LogP contribution is 2.07. The van der Waals surface area contributed by atoms with Crippen LogP contribution in [0.3, 0.4) is 0 Å². The molecule has 0 aliphatic carbocycles. The maximum atomic E-state index is 12.7. The van der Waals surface area contributed by atoms with Crippen molar-refractivity contribution in [3.05, 3.63) is 35.9 Å². The summed E-state index contributed by atoms with van der Waals surface area (Å²) in [5, 5.41) is 8.09. The molecule has 9 heteroatoms. The first-order valence-electron chi connectivity index (χ1n) is 9.20. The molecule has 0 heterocycles. The number of esters is 1. The zero-order chi connectivity index (χ0) is 22.0. The number of hydrogen-bond donors (Lipinski definition) is 3. The molecular formula is C20H29N3O5S. The van der Waals surface area contributed by atoms with E-state index in [-0.39, 0.29) is 11.5 Å². The molecule has 0 unspecified atom stereocenters. The van der Waals surface area contributed by atoms with Gasteiger partial charge in [-0.1, -0.05) is 42.5 Å². The van der Waals surface area contributed by atoms with Crippen LogP contribution in [0.15, 0.2) is 30.3 Å². The van der Waals surface area contributed by atoms with Gasteiger partial charge in [-0.3, -0.25) is 4.79 Å². The molecule has 2 amide bonds. The van der Waals surface area contributed by atoms with Crippen LogP contribution in [0.5, 0.6) is 0 Å².